The van der Waals surface area contributed by atoms with Crippen molar-refractivity contribution in [3.8, 4) is 0 Å². The van der Waals surface area contributed by atoms with Gasteiger partial charge in [0.15, 0.2) is 0 Å². The van der Waals surface area contributed by atoms with E-state index in [4.69, 9.17) is 10.5 Å². The number of hydrogen-bond donors (Lipinski definition) is 2. The maximum atomic E-state index is 11.7. The molecule has 0 saturated carbocycles. The van der Waals surface area contributed by atoms with Crippen molar-refractivity contribution in [2.75, 3.05) is 6.61 Å². The van der Waals surface area contributed by atoms with Gasteiger partial charge in [0.05, 0.1) is 16.4 Å². The molecule has 0 aromatic rings. The van der Waals surface area contributed by atoms with Crippen molar-refractivity contribution < 1.29 is 19.2 Å². The fourth-order valence-electron chi connectivity index (χ4n) is 2.19. The van der Waals surface area contributed by atoms with Gasteiger partial charge in [-0.05, 0) is 6.92 Å². The molecule has 1 aliphatic carbocycles. The molecular formula is C11H11N3O5. The number of fused-ring (bicyclic) bond motifs is 1. The lowest BCUT2D eigenvalue weighted by Crippen LogP contribution is -2.31. The van der Waals surface area contributed by atoms with Gasteiger partial charge in [-0.15, -0.1) is 0 Å². The van der Waals surface area contributed by atoms with Crippen molar-refractivity contribution in [2.24, 2.45) is 11.7 Å². The Bertz CT molecular complexity index is 571. The fourth-order valence-corrected chi connectivity index (χ4v) is 2.19. The van der Waals surface area contributed by atoms with Gasteiger partial charge in [0.25, 0.3) is 11.6 Å². The first kappa shape index (κ1) is 13.0. The topological polar surface area (TPSA) is 125 Å². The minimum Gasteiger partial charge on any atom is -0.392 e. The Morgan fingerprint density at radius 1 is 1.63 bits per heavy atom. The van der Waals surface area contributed by atoms with E-state index in [0.717, 1.165) is 6.08 Å². The van der Waals surface area contributed by atoms with Crippen LogP contribution in [0.2, 0.25) is 0 Å². The molecule has 19 heavy (non-hydrogen) atoms. The highest BCUT2D eigenvalue weighted by molar-refractivity contribution is 5.89. The average molecular weight is 265 g/mol. The molecule has 2 unspecified atom stereocenters. The van der Waals surface area contributed by atoms with Gasteiger partial charge in [-0.1, -0.05) is 0 Å². The van der Waals surface area contributed by atoms with E-state index in [2.05, 4.69) is 5.32 Å². The number of rotatable bonds is 3. The third-order valence-corrected chi connectivity index (χ3v) is 2.99. The Balaban J connectivity index is 2.53. The van der Waals surface area contributed by atoms with Crippen LogP contribution in [0.1, 0.15) is 6.92 Å². The summed E-state index contributed by atoms with van der Waals surface area (Å²) in [5.41, 5.74) is 5.00. The molecule has 0 aromatic heterocycles. The van der Waals surface area contributed by atoms with Crippen LogP contribution in [0.5, 0.6) is 0 Å². The number of nitro groups is 1. The summed E-state index contributed by atoms with van der Waals surface area (Å²) in [4.78, 5) is 32.9. The van der Waals surface area contributed by atoms with Gasteiger partial charge in [0, 0.05) is 18.4 Å². The van der Waals surface area contributed by atoms with Gasteiger partial charge >= 0.3 is 0 Å². The van der Waals surface area contributed by atoms with Gasteiger partial charge in [-0.3, -0.25) is 14.9 Å². The van der Waals surface area contributed by atoms with Gasteiger partial charge in [-0.25, -0.2) is 4.79 Å². The summed E-state index contributed by atoms with van der Waals surface area (Å²) in [7, 11) is 0. The molecule has 3 N–H and O–H groups in total. The number of carbonyl (C=O) groups is 1. The smallest absolute Gasteiger partial charge is 0.294 e. The number of nitrogens with zero attached hydrogens (tertiary/aromatic N) is 1. The first-order chi connectivity index (χ1) is 9.01. The number of amides is 1. The summed E-state index contributed by atoms with van der Waals surface area (Å²) < 4.78 is 5.26. The van der Waals surface area contributed by atoms with Crippen molar-refractivity contribution in [3.05, 3.63) is 38.9 Å². The molecular weight excluding hydrogens is 254 g/mol. The van der Waals surface area contributed by atoms with E-state index >= 15 is 0 Å². The number of carbonyl (C=O) groups excluding carboxylic acids is 2. The molecule has 100 valence electrons. The highest BCUT2D eigenvalue weighted by Gasteiger charge is 2.47. The molecule has 1 fully saturated rings. The molecule has 8 heteroatoms. The Kier molecular flexibility index (Phi) is 3.20. The lowest BCUT2D eigenvalue weighted by Gasteiger charge is -2.21. The quantitative estimate of drug-likeness (QED) is 0.392. The van der Waals surface area contributed by atoms with Crippen LogP contribution in [0.4, 0.5) is 0 Å². The van der Waals surface area contributed by atoms with Gasteiger partial charge in [0.2, 0.25) is 0 Å². The van der Waals surface area contributed by atoms with Gasteiger partial charge in [-0.2, -0.15) is 0 Å². The van der Waals surface area contributed by atoms with E-state index < -0.39 is 28.5 Å². The van der Waals surface area contributed by atoms with Crippen LogP contribution >= 0.6 is 0 Å². The number of nitrogens with one attached hydrogen (secondary N) is 1. The zero-order valence-electron chi connectivity index (χ0n) is 10.0. The molecule has 0 spiro atoms. The van der Waals surface area contributed by atoms with E-state index in [-0.39, 0.29) is 23.6 Å². The minimum absolute atomic E-state index is 0.124. The van der Waals surface area contributed by atoms with Crippen LogP contribution in [-0.4, -0.2) is 29.5 Å². The molecule has 1 aliphatic heterocycles. The molecule has 2 atom stereocenters. The summed E-state index contributed by atoms with van der Waals surface area (Å²) in [6, 6.07) is 0. The molecule has 8 nitrogen and oxygen atoms in total. The third kappa shape index (κ3) is 1.92. The van der Waals surface area contributed by atoms with Crippen molar-refractivity contribution in [1.29, 1.82) is 0 Å². The molecule has 0 aromatic carbocycles. The zero-order chi connectivity index (χ0) is 14.2. The van der Waals surface area contributed by atoms with Crippen LogP contribution in [0.25, 0.3) is 0 Å². The maximum Gasteiger partial charge on any atom is 0.294 e. The molecule has 2 rings (SSSR count). The molecule has 1 amide bonds. The second kappa shape index (κ2) is 4.68. The second-order valence-corrected chi connectivity index (χ2v) is 4.01. The van der Waals surface area contributed by atoms with E-state index in [9.17, 15) is 19.7 Å². The summed E-state index contributed by atoms with van der Waals surface area (Å²) in [6.45, 7) is 1.96. The number of allylic oxidation sites excluding steroid dienone is 2. The normalized spacial score (nSPS) is 25.6. The third-order valence-electron chi connectivity index (χ3n) is 2.99. The Hall–Kier alpha value is -2.44. The second-order valence-electron chi connectivity index (χ2n) is 4.01. The maximum absolute atomic E-state index is 11.7. The van der Waals surface area contributed by atoms with E-state index in [1.54, 1.807) is 12.9 Å². The lowest BCUT2D eigenvalue weighted by molar-refractivity contribution is -0.420. The molecule has 2 aliphatic rings. The van der Waals surface area contributed by atoms with E-state index in [1.165, 1.54) is 0 Å². The summed E-state index contributed by atoms with van der Waals surface area (Å²) in [5, 5.41) is 13.3. The van der Waals surface area contributed by atoms with E-state index in [0.29, 0.717) is 0 Å². The van der Waals surface area contributed by atoms with Crippen LogP contribution in [0, 0.1) is 16.0 Å². The largest absolute Gasteiger partial charge is 0.392 e. The number of ether oxygens (including phenoxy) is 1. The highest BCUT2D eigenvalue weighted by Crippen LogP contribution is 2.36. The predicted octanol–water partition coefficient (Wildman–Crippen LogP) is -0.760. The first-order valence-electron chi connectivity index (χ1n) is 5.54. The summed E-state index contributed by atoms with van der Waals surface area (Å²) >= 11 is 0. The van der Waals surface area contributed by atoms with E-state index in [1.807, 2.05) is 0 Å². The van der Waals surface area contributed by atoms with Crippen molar-refractivity contribution in [2.45, 2.75) is 13.0 Å². The summed E-state index contributed by atoms with van der Waals surface area (Å²) in [5.74, 6) is 0.374. The van der Waals surface area contributed by atoms with Crippen molar-refractivity contribution >= 4 is 11.8 Å². The Morgan fingerprint density at radius 2 is 2.32 bits per heavy atom. The molecule has 0 bridgehead atoms. The predicted molar refractivity (Wildman–Crippen MR) is 62.5 cm³/mol. The van der Waals surface area contributed by atoms with Crippen LogP contribution < -0.4 is 11.1 Å². The molecule has 1 heterocycles. The lowest BCUT2D eigenvalue weighted by atomic mass is 9.87. The van der Waals surface area contributed by atoms with Crippen molar-refractivity contribution in [1.82, 2.24) is 5.32 Å². The number of nitrogens with two attached hydrogens (primary N) is 1. The molecule has 0 radical (unpaired) electrons. The van der Waals surface area contributed by atoms with Crippen LogP contribution in [-0.2, 0) is 14.3 Å². The number of hydrogen-bond acceptors (Lipinski definition) is 6. The SMILES string of the molecule is CCOC1C(=O)NC2=CC([N+](=O)[O-])=C(N)C(=C=O)C21. The van der Waals surface area contributed by atoms with Crippen LogP contribution in [0.3, 0.4) is 0 Å². The Labute approximate surface area is 107 Å². The fraction of sp³-hybridized carbons (Fsp3) is 0.364. The van der Waals surface area contributed by atoms with Gasteiger partial charge < -0.3 is 15.8 Å². The molecule has 1 saturated heterocycles. The standard InChI is InChI=1S/C11H11N3O5/c1-2-19-10-8-5(4-15)9(12)7(14(17)18)3-6(8)13-11(10)16/h3,8,10H,2,12H2,1H3,(H,13,16). The summed E-state index contributed by atoms with van der Waals surface area (Å²) in [6.07, 6.45) is 0.233. The zero-order valence-corrected chi connectivity index (χ0v) is 10.0. The van der Waals surface area contributed by atoms with Gasteiger partial charge in [0.1, 0.15) is 17.7 Å². The Morgan fingerprint density at radius 3 is 2.84 bits per heavy atom. The highest BCUT2D eigenvalue weighted by atomic mass is 16.6. The van der Waals surface area contributed by atoms with Crippen molar-refractivity contribution in [3.63, 3.8) is 0 Å². The first-order valence-corrected chi connectivity index (χ1v) is 5.54. The van der Waals surface area contributed by atoms with Crippen LogP contribution in [0.15, 0.2) is 28.7 Å². The minimum atomic E-state index is -0.917. The average Bonchev–Trinajstić information content (AvgIpc) is 2.66. The monoisotopic (exact) mass is 265 g/mol.